The third-order valence-electron chi connectivity index (χ3n) is 0.841. The molecule has 0 saturated heterocycles. The fraction of sp³-hybridized carbons (Fsp3) is 1.00. The molecule has 0 amide bonds. The maximum atomic E-state index is 11.9. The molecule has 0 spiro atoms. The Bertz CT molecular complexity index is 163. The van der Waals surface area contributed by atoms with E-state index in [1.165, 1.54) is 0 Å². The molecule has 0 aliphatic heterocycles. The summed E-state index contributed by atoms with van der Waals surface area (Å²) in [6.07, 6.45) is -4.54. The molecular formula is C6H10F3NOS. The molecule has 0 aliphatic carbocycles. The van der Waals surface area contributed by atoms with Crippen LogP contribution in [-0.2, 0) is 0 Å². The van der Waals surface area contributed by atoms with E-state index in [1.807, 2.05) is 5.18 Å². The third-order valence-corrected chi connectivity index (χ3v) is 2.12. The van der Waals surface area contributed by atoms with Gasteiger partial charge in [0.15, 0.2) is 0 Å². The number of nitrogens with zero attached hydrogens (tertiary/aromatic N) is 1. The number of halogens is 3. The first-order valence-corrected chi connectivity index (χ1v) is 4.12. The third kappa shape index (κ3) is 4.58. The van der Waals surface area contributed by atoms with Crippen LogP contribution in [0.1, 0.15) is 20.8 Å². The van der Waals surface area contributed by atoms with Gasteiger partial charge in [0.05, 0.1) is 0 Å². The lowest BCUT2D eigenvalue weighted by Gasteiger charge is -2.22. The monoisotopic (exact) mass is 201 g/mol. The Morgan fingerprint density at radius 2 is 1.67 bits per heavy atom. The van der Waals surface area contributed by atoms with Crippen LogP contribution in [0, 0.1) is 4.91 Å². The first-order chi connectivity index (χ1) is 5.17. The standard InChI is InChI=1S/C6H10F3NOS/c1-5(2,3)12-4(10-11)6(7,8)9/h4H,1-3H3. The summed E-state index contributed by atoms with van der Waals surface area (Å²) in [6.45, 7) is 4.80. The van der Waals surface area contributed by atoms with E-state index in [9.17, 15) is 18.1 Å². The Balaban J connectivity index is 4.30. The van der Waals surface area contributed by atoms with Crippen molar-refractivity contribution in [1.29, 1.82) is 0 Å². The second-order valence-corrected chi connectivity index (χ2v) is 5.14. The first-order valence-electron chi connectivity index (χ1n) is 3.24. The van der Waals surface area contributed by atoms with E-state index < -0.39 is 16.3 Å². The lowest BCUT2D eigenvalue weighted by molar-refractivity contribution is -0.127. The molecule has 72 valence electrons. The topological polar surface area (TPSA) is 29.4 Å². The van der Waals surface area contributed by atoms with Crippen molar-refractivity contribution in [3.63, 3.8) is 0 Å². The van der Waals surface area contributed by atoms with E-state index in [4.69, 9.17) is 0 Å². The second-order valence-electron chi connectivity index (χ2n) is 3.23. The molecule has 0 N–H and O–H groups in total. The summed E-state index contributed by atoms with van der Waals surface area (Å²) in [7, 11) is 0. The van der Waals surface area contributed by atoms with Crippen LogP contribution in [0.4, 0.5) is 13.2 Å². The average molecular weight is 201 g/mol. The highest BCUT2D eigenvalue weighted by molar-refractivity contribution is 8.01. The summed E-state index contributed by atoms with van der Waals surface area (Å²) in [5, 5.41) is -0.122. The largest absolute Gasteiger partial charge is 0.423 e. The zero-order chi connectivity index (χ0) is 9.99. The number of hydrogen-bond acceptors (Lipinski definition) is 3. The van der Waals surface area contributed by atoms with E-state index in [2.05, 4.69) is 0 Å². The average Bonchev–Trinajstić information content (AvgIpc) is 1.78. The maximum Gasteiger partial charge on any atom is 0.423 e. The van der Waals surface area contributed by atoms with Crippen molar-refractivity contribution in [2.24, 2.45) is 5.18 Å². The van der Waals surface area contributed by atoms with Crippen molar-refractivity contribution in [2.45, 2.75) is 37.1 Å². The molecule has 2 nitrogen and oxygen atoms in total. The minimum Gasteiger partial charge on any atom is -0.168 e. The quantitative estimate of drug-likeness (QED) is 0.642. The van der Waals surface area contributed by atoms with Gasteiger partial charge < -0.3 is 0 Å². The zero-order valence-corrected chi connectivity index (χ0v) is 7.79. The summed E-state index contributed by atoms with van der Waals surface area (Å²) in [4.78, 5) is 9.84. The van der Waals surface area contributed by atoms with Gasteiger partial charge in [0.1, 0.15) is 0 Å². The van der Waals surface area contributed by atoms with Crippen molar-refractivity contribution >= 4 is 11.8 Å². The number of alkyl halides is 3. The Hall–Kier alpha value is -0.260. The van der Waals surface area contributed by atoms with Crippen LogP contribution in [0.5, 0.6) is 0 Å². The Morgan fingerprint density at radius 3 is 1.75 bits per heavy atom. The number of hydrogen-bond donors (Lipinski definition) is 0. The SMILES string of the molecule is CC(C)(C)SC(N=O)C(F)(F)F. The maximum absolute atomic E-state index is 11.9. The van der Waals surface area contributed by atoms with Gasteiger partial charge in [-0.1, -0.05) is 20.8 Å². The molecule has 0 aliphatic rings. The van der Waals surface area contributed by atoms with E-state index >= 15 is 0 Å². The molecule has 1 unspecified atom stereocenters. The van der Waals surface area contributed by atoms with Crippen LogP contribution in [0.25, 0.3) is 0 Å². The van der Waals surface area contributed by atoms with E-state index in [0.717, 1.165) is 0 Å². The van der Waals surface area contributed by atoms with Crippen molar-refractivity contribution in [2.75, 3.05) is 0 Å². The normalized spacial score (nSPS) is 15.8. The summed E-state index contributed by atoms with van der Waals surface area (Å²) in [6, 6.07) is 0. The number of nitroso groups, excluding NO2 is 1. The predicted octanol–water partition coefficient (Wildman–Crippen LogP) is 3.17. The van der Waals surface area contributed by atoms with Gasteiger partial charge in [0.25, 0.3) is 0 Å². The van der Waals surface area contributed by atoms with Crippen molar-refractivity contribution in [3.05, 3.63) is 4.91 Å². The van der Waals surface area contributed by atoms with Crippen LogP contribution < -0.4 is 0 Å². The summed E-state index contributed by atoms with van der Waals surface area (Å²) in [5.41, 5.74) is 0. The van der Waals surface area contributed by atoms with E-state index in [0.29, 0.717) is 11.8 Å². The number of rotatable bonds is 2. The van der Waals surface area contributed by atoms with E-state index in [1.54, 1.807) is 20.8 Å². The molecule has 12 heavy (non-hydrogen) atoms. The molecule has 0 radical (unpaired) electrons. The van der Waals surface area contributed by atoms with Gasteiger partial charge in [-0.2, -0.15) is 13.2 Å². The molecule has 0 rings (SSSR count). The van der Waals surface area contributed by atoms with Crippen molar-refractivity contribution < 1.29 is 13.2 Å². The zero-order valence-electron chi connectivity index (χ0n) is 6.97. The molecule has 6 heteroatoms. The van der Waals surface area contributed by atoms with Gasteiger partial charge in [-0.15, -0.1) is 16.7 Å². The minimum absolute atomic E-state index is 0.505. The first kappa shape index (κ1) is 11.7. The van der Waals surface area contributed by atoms with Crippen LogP contribution in [0.3, 0.4) is 0 Å². The molecule has 1 atom stereocenters. The fourth-order valence-corrected chi connectivity index (χ4v) is 1.33. The van der Waals surface area contributed by atoms with Gasteiger partial charge in [0.2, 0.25) is 5.37 Å². The molecular weight excluding hydrogens is 191 g/mol. The van der Waals surface area contributed by atoms with Crippen LogP contribution >= 0.6 is 11.8 Å². The second kappa shape index (κ2) is 3.64. The van der Waals surface area contributed by atoms with Gasteiger partial charge in [0, 0.05) is 4.75 Å². The minimum atomic E-state index is -4.54. The van der Waals surface area contributed by atoms with Crippen LogP contribution in [0.2, 0.25) is 0 Å². The Labute approximate surface area is 72.9 Å². The highest BCUT2D eigenvalue weighted by Gasteiger charge is 2.43. The lowest BCUT2D eigenvalue weighted by Crippen LogP contribution is -2.27. The molecule has 0 heterocycles. The number of thioether (sulfide) groups is 1. The fourth-order valence-electron chi connectivity index (χ4n) is 0.483. The Kier molecular flexibility index (Phi) is 3.56. The Morgan fingerprint density at radius 1 is 1.25 bits per heavy atom. The highest BCUT2D eigenvalue weighted by Crippen LogP contribution is 2.38. The summed E-state index contributed by atoms with van der Waals surface area (Å²) >= 11 is 0.505. The molecule has 0 aromatic heterocycles. The summed E-state index contributed by atoms with van der Waals surface area (Å²) in [5.74, 6) is 0. The van der Waals surface area contributed by atoms with Crippen LogP contribution in [-0.4, -0.2) is 16.3 Å². The molecule has 0 saturated carbocycles. The molecule has 0 aromatic rings. The predicted molar refractivity (Wildman–Crippen MR) is 43.0 cm³/mol. The van der Waals surface area contributed by atoms with E-state index in [-0.39, 0.29) is 0 Å². The van der Waals surface area contributed by atoms with Gasteiger partial charge >= 0.3 is 6.18 Å². The highest BCUT2D eigenvalue weighted by atomic mass is 32.2. The van der Waals surface area contributed by atoms with Crippen LogP contribution in [0.15, 0.2) is 5.18 Å². The van der Waals surface area contributed by atoms with Gasteiger partial charge in [-0.25, -0.2) is 0 Å². The summed E-state index contributed by atoms with van der Waals surface area (Å²) < 4.78 is 35.2. The smallest absolute Gasteiger partial charge is 0.168 e. The van der Waals surface area contributed by atoms with Crippen molar-refractivity contribution in [1.82, 2.24) is 0 Å². The van der Waals surface area contributed by atoms with Gasteiger partial charge in [-0.05, 0) is 5.18 Å². The molecule has 0 fully saturated rings. The molecule has 0 aromatic carbocycles. The molecule has 0 bridgehead atoms. The van der Waals surface area contributed by atoms with Gasteiger partial charge in [-0.3, -0.25) is 0 Å². The van der Waals surface area contributed by atoms with Crippen molar-refractivity contribution in [3.8, 4) is 0 Å². The lowest BCUT2D eigenvalue weighted by atomic mass is 10.3.